The standard InChI is InChI=1S/C26H26N2O5S/c1-33-21-11-13-22(14-12-21)34(31,32)28-17-15-20(16-18-28)26(30)27-24-10-6-5-9-23(24)25(29)19-7-3-2-4-8-19/h2-14,20H,15-18H2,1H3,(H,27,30). The molecule has 4 rings (SSSR count). The first-order chi connectivity index (χ1) is 16.4. The number of amides is 1. The summed E-state index contributed by atoms with van der Waals surface area (Å²) in [6.45, 7) is 0.494. The van der Waals surface area contributed by atoms with Crippen LogP contribution in [0.5, 0.6) is 5.75 Å². The van der Waals surface area contributed by atoms with Crippen LogP contribution in [0, 0.1) is 5.92 Å². The summed E-state index contributed by atoms with van der Waals surface area (Å²) >= 11 is 0. The Bertz CT molecular complexity index is 1270. The minimum Gasteiger partial charge on any atom is -0.497 e. The van der Waals surface area contributed by atoms with Gasteiger partial charge in [0.1, 0.15) is 5.75 Å². The van der Waals surface area contributed by atoms with Crippen molar-refractivity contribution in [2.75, 3.05) is 25.5 Å². The molecule has 0 atom stereocenters. The summed E-state index contributed by atoms with van der Waals surface area (Å²) in [6.07, 6.45) is 0.798. The van der Waals surface area contributed by atoms with Crippen LogP contribution >= 0.6 is 0 Å². The molecule has 0 saturated carbocycles. The Hall–Kier alpha value is -3.49. The Morgan fingerprint density at radius 1 is 0.882 bits per heavy atom. The fourth-order valence-electron chi connectivity index (χ4n) is 4.03. The maximum Gasteiger partial charge on any atom is 0.243 e. The number of sulfonamides is 1. The second kappa shape index (κ2) is 10.2. The minimum absolute atomic E-state index is 0.170. The van der Waals surface area contributed by atoms with Gasteiger partial charge in [-0.3, -0.25) is 9.59 Å². The van der Waals surface area contributed by atoms with Crippen LogP contribution in [0.4, 0.5) is 5.69 Å². The van der Waals surface area contributed by atoms with Crippen molar-refractivity contribution in [1.82, 2.24) is 4.31 Å². The summed E-state index contributed by atoms with van der Waals surface area (Å²) in [7, 11) is -2.12. The van der Waals surface area contributed by atoms with E-state index in [0.29, 0.717) is 35.4 Å². The lowest BCUT2D eigenvalue weighted by Crippen LogP contribution is -2.41. The van der Waals surface area contributed by atoms with Crippen LogP contribution < -0.4 is 10.1 Å². The number of piperidine rings is 1. The molecular weight excluding hydrogens is 452 g/mol. The highest BCUT2D eigenvalue weighted by molar-refractivity contribution is 7.89. The van der Waals surface area contributed by atoms with E-state index in [1.54, 1.807) is 60.7 Å². The number of carbonyl (C=O) groups excluding carboxylic acids is 2. The van der Waals surface area contributed by atoms with Crippen molar-refractivity contribution < 1.29 is 22.7 Å². The second-order valence-corrected chi connectivity index (χ2v) is 10.0. The monoisotopic (exact) mass is 478 g/mol. The quantitative estimate of drug-likeness (QED) is 0.519. The third-order valence-electron chi connectivity index (χ3n) is 5.99. The van der Waals surface area contributed by atoms with E-state index >= 15 is 0 Å². The largest absolute Gasteiger partial charge is 0.497 e. The first kappa shape index (κ1) is 23.7. The van der Waals surface area contributed by atoms with E-state index in [-0.39, 0.29) is 35.6 Å². The molecule has 8 heteroatoms. The lowest BCUT2D eigenvalue weighted by Gasteiger charge is -2.30. The van der Waals surface area contributed by atoms with E-state index in [1.807, 2.05) is 6.07 Å². The van der Waals surface area contributed by atoms with Gasteiger partial charge in [0.25, 0.3) is 0 Å². The molecule has 3 aromatic rings. The van der Waals surface area contributed by atoms with Crippen LogP contribution in [-0.2, 0) is 14.8 Å². The molecule has 0 unspecified atom stereocenters. The number of methoxy groups -OCH3 is 1. The third-order valence-corrected chi connectivity index (χ3v) is 7.90. The topological polar surface area (TPSA) is 92.8 Å². The van der Waals surface area contributed by atoms with Gasteiger partial charge in [-0.05, 0) is 49.2 Å². The number of benzene rings is 3. The molecule has 1 heterocycles. The Kier molecular flexibility index (Phi) is 7.09. The molecule has 0 aliphatic carbocycles. The van der Waals surface area contributed by atoms with Crippen molar-refractivity contribution >= 4 is 27.4 Å². The fraction of sp³-hybridized carbons (Fsp3) is 0.231. The lowest BCUT2D eigenvalue weighted by molar-refractivity contribution is -0.120. The van der Waals surface area contributed by atoms with Crippen molar-refractivity contribution in [2.24, 2.45) is 5.92 Å². The van der Waals surface area contributed by atoms with Crippen molar-refractivity contribution in [3.63, 3.8) is 0 Å². The van der Waals surface area contributed by atoms with Crippen LogP contribution in [-0.4, -0.2) is 44.6 Å². The molecule has 1 saturated heterocycles. The van der Waals surface area contributed by atoms with E-state index in [9.17, 15) is 18.0 Å². The van der Waals surface area contributed by atoms with Gasteiger partial charge in [-0.15, -0.1) is 0 Å². The number of rotatable bonds is 7. The molecule has 1 N–H and O–H groups in total. The van der Waals surface area contributed by atoms with Gasteiger partial charge in [-0.25, -0.2) is 8.42 Å². The molecule has 1 amide bonds. The van der Waals surface area contributed by atoms with Crippen LogP contribution in [0.3, 0.4) is 0 Å². The normalized spacial score (nSPS) is 15.0. The maximum atomic E-state index is 13.0. The number of anilines is 1. The highest BCUT2D eigenvalue weighted by Crippen LogP contribution is 2.27. The molecule has 34 heavy (non-hydrogen) atoms. The molecule has 176 valence electrons. The van der Waals surface area contributed by atoms with Crippen molar-refractivity contribution in [3.8, 4) is 5.75 Å². The van der Waals surface area contributed by atoms with Gasteiger partial charge in [-0.1, -0.05) is 42.5 Å². The predicted octanol–water partition coefficient (Wildman–Crippen LogP) is 3.97. The van der Waals surface area contributed by atoms with Crippen LogP contribution in [0.1, 0.15) is 28.8 Å². The summed E-state index contributed by atoms with van der Waals surface area (Å²) in [6, 6.07) is 22.1. The zero-order valence-corrected chi connectivity index (χ0v) is 19.6. The smallest absolute Gasteiger partial charge is 0.243 e. The Morgan fingerprint density at radius 2 is 1.50 bits per heavy atom. The molecule has 0 radical (unpaired) electrons. The summed E-state index contributed by atoms with van der Waals surface area (Å²) in [5.74, 6) is -0.144. The van der Waals surface area contributed by atoms with Gasteiger partial charge in [-0.2, -0.15) is 4.31 Å². The molecule has 1 aliphatic rings. The van der Waals surface area contributed by atoms with Gasteiger partial charge in [0.05, 0.1) is 17.7 Å². The Balaban J connectivity index is 1.41. The average Bonchev–Trinajstić information content (AvgIpc) is 2.89. The van der Waals surface area contributed by atoms with E-state index in [0.717, 1.165) is 0 Å². The molecule has 3 aromatic carbocycles. The lowest BCUT2D eigenvalue weighted by atomic mass is 9.96. The number of nitrogens with zero attached hydrogens (tertiary/aromatic N) is 1. The van der Waals surface area contributed by atoms with E-state index in [1.165, 1.54) is 23.5 Å². The molecule has 0 aromatic heterocycles. The predicted molar refractivity (Wildman–Crippen MR) is 129 cm³/mol. The molecule has 1 fully saturated rings. The van der Waals surface area contributed by atoms with Crippen molar-refractivity contribution in [1.29, 1.82) is 0 Å². The Morgan fingerprint density at radius 3 is 2.15 bits per heavy atom. The highest BCUT2D eigenvalue weighted by Gasteiger charge is 2.32. The number of hydrogen-bond acceptors (Lipinski definition) is 5. The number of nitrogens with one attached hydrogen (secondary N) is 1. The first-order valence-electron chi connectivity index (χ1n) is 11.0. The second-order valence-electron chi connectivity index (χ2n) is 8.08. The fourth-order valence-corrected chi connectivity index (χ4v) is 5.49. The zero-order valence-electron chi connectivity index (χ0n) is 18.8. The van der Waals surface area contributed by atoms with E-state index in [4.69, 9.17) is 4.74 Å². The van der Waals surface area contributed by atoms with Gasteiger partial charge in [0, 0.05) is 30.1 Å². The number of hydrogen-bond donors (Lipinski definition) is 1. The summed E-state index contributed by atoms with van der Waals surface area (Å²) in [5.41, 5.74) is 1.41. The van der Waals surface area contributed by atoms with E-state index < -0.39 is 10.0 Å². The molecule has 1 aliphatic heterocycles. The minimum atomic E-state index is -3.64. The number of ketones is 1. The van der Waals surface area contributed by atoms with Crippen LogP contribution in [0.25, 0.3) is 0 Å². The summed E-state index contributed by atoms with van der Waals surface area (Å²) in [5, 5.41) is 2.89. The van der Waals surface area contributed by atoms with Crippen LogP contribution in [0.2, 0.25) is 0 Å². The summed E-state index contributed by atoms with van der Waals surface area (Å²) < 4.78 is 32.4. The molecule has 7 nitrogen and oxygen atoms in total. The Labute approximate surface area is 199 Å². The first-order valence-corrected chi connectivity index (χ1v) is 12.5. The van der Waals surface area contributed by atoms with Gasteiger partial charge in [0.15, 0.2) is 5.78 Å². The maximum absolute atomic E-state index is 13.0. The zero-order chi connectivity index (χ0) is 24.1. The SMILES string of the molecule is COc1ccc(S(=O)(=O)N2CCC(C(=O)Nc3ccccc3C(=O)c3ccccc3)CC2)cc1. The summed E-state index contributed by atoms with van der Waals surface area (Å²) in [4.78, 5) is 26.1. The number of para-hydroxylation sites is 1. The van der Waals surface area contributed by atoms with Gasteiger partial charge >= 0.3 is 0 Å². The third kappa shape index (κ3) is 5.03. The van der Waals surface area contributed by atoms with Gasteiger partial charge in [0.2, 0.25) is 15.9 Å². The van der Waals surface area contributed by atoms with E-state index in [2.05, 4.69) is 5.32 Å². The van der Waals surface area contributed by atoms with Gasteiger partial charge < -0.3 is 10.1 Å². The van der Waals surface area contributed by atoms with Crippen molar-refractivity contribution in [3.05, 3.63) is 90.0 Å². The number of carbonyl (C=O) groups is 2. The van der Waals surface area contributed by atoms with Crippen molar-refractivity contribution in [2.45, 2.75) is 17.7 Å². The molecule has 0 spiro atoms. The molecule has 0 bridgehead atoms. The highest BCUT2D eigenvalue weighted by atomic mass is 32.2. The van der Waals surface area contributed by atoms with Crippen LogP contribution in [0.15, 0.2) is 83.8 Å². The average molecular weight is 479 g/mol. The molecular formula is C26H26N2O5S. The number of ether oxygens (including phenoxy) is 1.